The lowest BCUT2D eigenvalue weighted by atomic mass is 10.1. The number of hydrogen-bond donors (Lipinski definition) is 0. The first kappa shape index (κ1) is 17.4. The predicted octanol–water partition coefficient (Wildman–Crippen LogP) is 0.972. The van der Waals surface area contributed by atoms with E-state index in [0.717, 1.165) is 0 Å². The van der Waals surface area contributed by atoms with Crippen molar-refractivity contribution in [3.8, 4) is 17.2 Å². The highest BCUT2D eigenvalue weighted by molar-refractivity contribution is 7.91. The minimum absolute atomic E-state index is 0.203. The predicted molar refractivity (Wildman–Crippen MR) is 85.3 cm³/mol. The Kier molecular flexibility index (Phi) is 5.03. The first-order valence-electron chi connectivity index (χ1n) is 7.10. The molecule has 2 rings (SSSR count). The Hall–Kier alpha value is -1.96. The molecule has 1 atom stereocenters. The fourth-order valence-corrected chi connectivity index (χ4v) is 3.63. The van der Waals surface area contributed by atoms with Crippen LogP contribution in [0, 0.1) is 0 Å². The molecule has 1 unspecified atom stereocenters. The number of carbonyl (C=O) groups is 1. The Morgan fingerprint density at radius 1 is 1.13 bits per heavy atom. The van der Waals surface area contributed by atoms with Gasteiger partial charge >= 0.3 is 0 Å². The van der Waals surface area contributed by atoms with Crippen molar-refractivity contribution in [2.45, 2.75) is 11.7 Å². The third-order valence-electron chi connectivity index (χ3n) is 3.95. The maximum Gasteiger partial charge on any atom is 0.254 e. The Bertz CT molecular complexity index is 675. The quantitative estimate of drug-likeness (QED) is 0.792. The summed E-state index contributed by atoms with van der Waals surface area (Å²) < 4.78 is 39.0. The molecule has 1 aliphatic heterocycles. The summed E-state index contributed by atoms with van der Waals surface area (Å²) in [5.74, 6) is 0.917. The monoisotopic (exact) mass is 343 g/mol. The van der Waals surface area contributed by atoms with E-state index in [2.05, 4.69) is 0 Å². The molecular weight excluding hydrogens is 322 g/mol. The summed E-state index contributed by atoms with van der Waals surface area (Å²) >= 11 is 0. The normalized spacial score (nSPS) is 17.9. The van der Waals surface area contributed by atoms with E-state index in [-0.39, 0.29) is 12.5 Å². The second-order valence-corrected chi connectivity index (χ2v) is 7.73. The van der Waals surface area contributed by atoms with Gasteiger partial charge in [-0.05, 0) is 18.6 Å². The fraction of sp³-hybridized carbons (Fsp3) is 0.533. The number of nitrogens with zero attached hydrogens (tertiary/aromatic N) is 1. The van der Waals surface area contributed by atoms with Crippen LogP contribution in [-0.4, -0.2) is 65.1 Å². The average Bonchev–Trinajstić information content (AvgIpc) is 3.02. The molecule has 0 bridgehead atoms. The van der Waals surface area contributed by atoms with Crippen molar-refractivity contribution in [2.75, 3.05) is 40.7 Å². The summed E-state index contributed by atoms with van der Waals surface area (Å²) in [6, 6.07) is 3.13. The molecule has 1 heterocycles. The number of benzene rings is 1. The molecule has 1 aliphatic rings. The molecule has 0 N–H and O–H groups in total. The maximum atomic E-state index is 12.6. The molecule has 0 saturated carbocycles. The van der Waals surface area contributed by atoms with E-state index in [9.17, 15) is 13.2 Å². The van der Waals surface area contributed by atoms with E-state index < -0.39 is 15.1 Å². The van der Waals surface area contributed by atoms with E-state index in [1.165, 1.54) is 32.5 Å². The molecule has 1 aromatic carbocycles. The first-order valence-corrected chi connectivity index (χ1v) is 9.05. The average molecular weight is 343 g/mol. The van der Waals surface area contributed by atoms with Crippen LogP contribution in [0.2, 0.25) is 0 Å². The van der Waals surface area contributed by atoms with Crippen LogP contribution in [0.3, 0.4) is 0 Å². The number of methoxy groups -OCH3 is 3. The number of ether oxygens (including phenoxy) is 3. The summed E-state index contributed by atoms with van der Waals surface area (Å²) in [7, 11) is 1.28. The van der Waals surface area contributed by atoms with Crippen molar-refractivity contribution in [1.82, 2.24) is 4.90 Å². The van der Waals surface area contributed by atoms with Gasteiger partial charge in [-0.15, -0.1) is 0 Å². The molecule has 0 spiro atoms. The topological polar surface area (TPSA) is 82.1 Å². The number of carbonyl (C=O) groups excluding carboxylic acids is 1. The SMILES string of the molecule is COc1cc(C(=O)N2CCC(S(C)(=O)=O)C2)cc(OC)c1OC. The van der Waals surface area contributed by atoms with E-state index in [0.29, 0.717) is 35.8 Å². The van der Waals surface area contributed by atoms with Gasteiger partial charge in [0.25, 0.3) is 5.91 Å². The molecule has 1 saturated heterocycles. The van der Waals surface area contributed by atoms with Crippen LogP contribution in [0.4, 0.5) is 0 Å². The number of amides is 1. The number of sulfone groups is 1. The van der Waals surface area contributed by atoms with Gasteiger partial charge in [-0.1, -0.05) is 0 Å². The van der Waals surface area contributed by atoms with Gasteiger partial charge in [0.15, 0.2) is 21.3 Å². The van der Waals surface area contributed by atoms with Gasteiger partial charge in [0.1, 0.15) is 0 Å². The number of rotatable bonds is 5. The summed E-state index contributed by atoms with van der Waals surface area (Å²) in [5, 5.41) is -0.506. The smallest absolute Gasteiger partial charge is 0.254 e. The minimum atomic E-state index is -3.15. The summed E-state index contributed by atoms with van der Waals surface area (Å²) in [6.07, 6.45) is 1.65. The van der Waals surface area contributed by atoms with E-state index in [1.54, 1.807) is 12.1 Å². The summed E-state index contributed by atoms with van der Waals surface area (Å²) in [4.78, 5) is 14.2. The van der Waals surface area contributed by atoms with Crippen LogP contribution in [0.25, 0.3) is 0 Å². The Labute approximate surface area is 136 Å². The zero-order valence-electron chi connectivity index (χ0n) is 13.7. The summed E-state index contributed by atoms with van der Waals surface area (Å²) in [6.45, 7) is 0.613. The van der Waals surface area contributed by atoms with Gasteiger partial charge < -0.3 is 19.1 Å². The van der Waals surface area contributed by atoms with Crippen molar-refractivity contribution in [3.05, 3.63) is 17.7 Å². The van der Waals surface area contributed by atoms with Gasteiger partial charge in [-0.25, -0.2) is 8.42 Å². The van der Waals surface area contributed by atoms with Gasteiger partial charge in [0.05, 0.1) is 26.6 Å². The molecule has 0 aromatic heterocycles. The van der Waals surface area contributed by atoms with E-state index >= 15 is 0 Å². The van der Waals surface area contributed by atoms with Crippen LogP contribution in [0.15, 0.2) is 12.1 Å². The van der Waals surface area contributed by atoms with Crippen LogP contribution in [0.1, 0.15) is 16.8 Å². The van der Waals surface area contributed by atoms with Crippen LogP contribution in [0.5, 0.6) is 17.2 Å². The third kappa shape index (κ3) is 3.52. The molecular formula is C15H21NO6S. The molecule has 1 fully saturated rings. The molecule has 7 nitrogen and oxygen atoms in total. The second kappa shape index (κ2) is 6.66. The van der Waals surface area contributed by atoms with Crippen molar-refractivity contribution < 1.29 is 27.4 Å². The lowest BCUT2D eigenvalue weighted by molar-refractivity contribution is 0.0792. The Morgan fingerprint density at radius 3 is 2.09 bits per heavy atom. The van der Waals surface area contributed by atoms with Crippen LogP contribution in [-0.2, 0) is 9.84 Å². The van der Waals surface area contributed by atoms with Crippen molar-refractivity contribution >= 4 is 15.7 Å². The largest absolute Gasteiger partial charge is 0.493 e. The van der Waals surface area contributed by atoms with Crippen LogP contribution < -0.4 is 14.2 Å². The molecule has 128 valence electrons. The highest BCUT2D eigenvalue weighted by Gasteiger charge is 2.33. The Morgan fingerprint density at radius 2 is 1.70 bits per heavy atom. The number of hydrogen-bond acceptors (Lipinski definition) is 6. The van der Waals surface area contributed by atoms with E-state index in [4.69, 9.17) is 14.2 Å². The third-order valence-corrected chi connectivity index (χ3v) is 5.55. The van der Waals surface area contributed by atoms with Crippen LogP contribution >= 0.6 is 0 Å². The molecule has 1 aromatic rings. The zero-order valence-corrected chi connectivity index (χ0v) is 14.5. The fourth-order valence-electron chi connectivity index (χ4n) is 2.65. The molecule has 23 heavy (non-hydrogen) atoms. The standard InChI is InChI=1S/C15H21NO6S/c1-20-12-7-10(8-13(21-2)14(12)22-3)15(17)16-6-5-11(9-16)23(4,18)19/h7-8,11H,5-6,9H2,1-4H3. The first-order chi connectivity index (χ1) is 10.8. The van der Waals surface area contributed by atoms with Gasteiger partial charge in [0.2, 0.25) is 5.75 Å². The van der Waals surface area contributed by atoms with Gasteiger partial charge in [0, 0.05) is 24.9 Å². The van der Waals surface area contributed by atoms with Gasteiger partial charge in [-0.2, -0.15) is 0 Å². The minimum Gasteiger partial charge on any atom is -0.493 e. The second-order valence-electron chi connectivity index (χ2n) is 5.41. The van der Waals surface area contributed by atoms with Crippen molar-refractivity contribution in [1.29, 1.82) is 0 Å². The molecule has 1 amide bonds. The maximum absolute atomic E-state index is 12.6. The zero-order chi connectivity index (χ0) is 17.2. The highest BCUT2D eigenvalue weighted by Crippen LogP contribution is 2.38. The number of likely N-dealkylation sites (tertiary alicyclic amines) is 1. The van der Waals surface area contributed by atoms with E-state index in [1.807, 2.05) is 0 Å². The van der Waals surface area contributed by atoms with Gasteiger partial charge in [-0.3, -0.25) is 4.79 Å². The lowest BCUT2D eigenvalue weighted by Gasteiger charge is -2.18. The molecule has 0 aliphatic carbocycles. The molecule has 0 radical (unpaired) electrons. The lowest BCUT2D eigenvalue weighted by Crippen LogP contribution is -2.31. The van der Waals surface area contributed by atoms with Crippen molar-refractivity contribution in [3.63, 3.8) is 0 Å². The molecule has 8 heteroatoms. The Balaban J connectivity index is 2.30. The highest BCUT2D eigenvalue weighted by atomic mass is 32.2. The van der Waals surface area contributed by atoms with Crippen molar-refractivity contribution in [2.24, 2.45) is 0 Å². The summed E-state index contributed by atoms with van der Waals surface area (Å²) in [5.41, 5.74) is 0.369.